The predicted octanol–water partition coefficient (Wildman–Crippen LogP) is 3.29. The van der Waals surface area contributed by atoms with Crippen LogP contribution in [0.3, 0.4) is 0 Å². The van der Waals surface area contributed by atoms with E-state index in [2.05, 4.69) is 22.3 Å². The third kappa shape index (κ3) is 5.95. The molecular weight excluding hydrogens is 368 g/mol. The van der Waals surface area contributed by atoms with E-state index in [0.717, 1.165) is 30.2 Å². The summed E-state index contributed by atoms with van der Waals surface area (Å²) in [5.41, 5.74) is 1.77. The summed E-state index contributed by atoms with van der Waals surface area (Å²) in [5, 5.41) is 3.09. The van der Waals surface area contributed by atoms with Crippen molar-refractivity contribution in [2.45, 2.75) is 26.0 Å². The number of benzene rings is 2. The molecule has 3 rings (SSSR count). The van der Waals surface area contributed by atoms with E-state index < -0.39 is 0 Å². The molecule has 156 valence electrons. The van der Waals surface area contributed by atoms with E-state index in [-0.39, 0.29) is 18.1 Å². The molecule has 1 heterocycles. The maximum absolute atomic E-state index is 12.7. The van der Waals surface area contributed by atoms with E-state index in [4.69, 9.17) is 14.2 Å². The summed E-state index contributed by atoms with van der Waals surface area (Å²) in [6, 6.07) is 15.4. The van der Waals surface area contributed by atoms with Crippen LogP contribution < -0.4 is 14.8 Å². The molecule has 1 atom stereocenters. The molecule has 2 aromatic rings. The van der Waals surface area contributed by atoms with E-state index in [1.165, 1.54) is 0 Å². The fraction of sp³-hybridized carbons (Fsp3) is 0.435. The molecule has 0 radical (unpaired) electrons. The molecule has 1 N–H and O–H groups in total. The molecule has 6 nitrogen and oxygen atoms in total. The van der Waals surface area contributed by atoms with Gasteiger partial charge in [0.2, 0.25) is 0 Å². The minimum absolute atomic E-state index is 0.0808. The monoisotopic (exact) mass is 398 g/mol. The SMILES string of the molecule is COc1ccc(C(CNC(=O)c2ccc(OC(C)C)cc2)N2CCOCC2)cc1. The molecule has 1 saturated heterocycles. The van der Waals surface area contributed by atoms with Crippen LogP contribution in [0.4, 0.5) is 0 Å². The second-order valence-electron chi connectivity index (χ2n) is 7.34. The fourth-order valence-corrected chi connectivity index (χ4v) is 3.42. The van der Waals surface area contributed by atoms with Gasteiger partial charge in [-0.15, -0.1) is 0 Å². The predicted molar refractivity (Wildman–Crippen MR) is 113 cm³/mol. The first-order chi connectivity index (χ1) is 14.1. The van der Waals surface area contributed by atoms with Crippen molar-refractivity contribution in [2.24, 2.45) is 0 Å². The van der Waals surface area contributed by atoms with E-state index >= 15 is 0 Å². The first kappa shape index (κ1) is 21.1. The Balaban J connectivity index is 1.67. The van der Waals surface area contributed by atoms with Crippen molar-refractivity contribution in [3.05, 3.63) is 59.7 Å². The van der Waals surface area contributed by atoms with Crippen LogP contribution in [0.15, 0.2) is 48.5 Å². The number of nitrogens with one attached hydrogen (secondary N) is 1. The summed E-state index contributed by atoms with van der Waals surface area (Å²) in [7, 11) is 1.66. The van der Waals surface area contributed by atoms with Crippen molar-refractivity contribution < 1.29 is 19.0 Å². The Bertz CT molecular complexity index is 768. The number of amides is 1. The van der Waals surface area contributed by atoms with Gasteiger partial charge in [0.25, 0.3) is 5.91 Å². The van der Waals surface area contributed by atoms with Crippen molar-refractivity contribution in [3.63, 3.8) is 0 Å². The zero-order valence-corrected chi connectivity index (χ0v) is 17.4. The van der Waals surface area contributed by atoms with Crippen LogP contribution in [0, 0.1) is 0 Å². The van der Waals surface area contributed by atoms with Crippen LogP contribution in [-0.4, -0.2) is 56.9 Å². The average Bonchev–Trinajstić information content (AvgIpc) is 2.75. The summed E-state index contributed by atoms with van der Waals surface area (Å²) < 4.78 is 16.4. The Hall–Kier alpha value is -2.57. The molecule has 6 heteroatoms. The Morgan fingerprint density at radius 1 is 1.03 bits per heavy atom. The zero-order chi connectivity index (χ0) is 20.6. The van der Waals surface area contributed by atoms with Gasteiger partial charge in [0, 0.05) is 25.2 Å². The molecule has 29 heavy (non-hydrogen) atoms. The number of methoxy groups -OCH3 is 1. The number of morpholine rings is 1. The van der Waals surface area contributed by atoms with Gasteiger partial charge in [0.05, 0.1) is 32.5 Å². The highest BCUT2D eigenvalue weighted by atomic mass is 16.5. The highest BCUT2D eigenvalue weighted by molar-refractivity contribution is 5.94. The first-order valence-electron chi connectivity index (χ1n) is 10.1. The molecule has 0 saturated carbocycles. The third-order valence-corrected chi connectivity index (χ3v) is 4.93. The van der Waals surface area contributed by atoms with Crippen molar-refractivity contribution in [2.75, 3.05) is 40.0 Å². The fourth-order valence-electron chi connectivity index (χ4n) is 3.42. The molecule has 0 aromatic heterocycles. The Kier molecular flexibility index (Phi) is 7.49. The largest absolute Gasteiger partial charge is 0.497 e. The summed E-state index contributed by atoms with van der Waals surface area (Å²) in [6.07, 6.45) is 0.105. The van der Waals surface area contributed by atoms with Gasteiger partial charge in [-0.25, -0.2) is 0 Å². The van der Waals surface area contributed by atoms with Crippen molar-refractivity contribution in [1.82, 2.24) is 10.2 Å². The Morgan fingerprint density at radius 2 is 1.66 bits per heavy atom. The Labute approximate surface area is 172 Å². The molecular formula is C23H30N2O4. The number of ether oxygens (including phenoxy) is 3. The van der Waals surface area contributed by atoms with Gasteiger partial charge < -0.3 is 19.5 Å². The molecule has 1 unspecified atom stereocenters. The van der Waals surface area contributed by atoms with Crippen LogP contribution in [-0.2, 0) is 4.74 Å². The van der Waals surface area contributed by atoms with Crippen LogP contribution in [0.5, 0.6) is 11.5 Å². The third-order valence-electron chi connectivity index (χ3n) is 4.93. The zero-order valence-electron chi connectivity index (χ0n) is 17.4. The average molecular weight is 399 g/mol. The summed E-state index contributed by atoms with van der Waals surface area (Å²) in [6.45, 7) is 7.57. The van der Waals surface area contributed by atoms with Gasteiger partial charge in [-0.2, -0.15) is 0 Å². The van der Waals surface area contributed by atoms with Gasteiger partial charge >= 0.3 is 0 Å². The Morgan fingerprint density at radius 3 is 2.24 bits per heavy atom. The standard InChI is InChI=1S/C23H30N2O4/c1-17(2)29-21-10-6-19(7-11-21)23(26)24-16-22(25-12-14-28-15-13-25)18-4-8-20(27-3)9-5-18/h4-11,17,22H,12-16H2,1-3H3,(H,24,26). The quantitative estimate of drug-likeness (QED) is 0.739. The number of hydrogen-bond donors (Lipinski definition) is 1. The minimum Gasteiger partial charge on any atom is -0.497 e. The number of rotatable bonds is 8. The minimum atomic E-state index is -0.0899. The lowest BCUT2D eigenvalue weighted by Crippen LogP contribution is -2.43. The number of carbonyl (C=O) groups is 1. The molecule has 2 aromatic carbocycles. The number of nitrogens with zero attached hydrogens (tertiary/aromatic N) is 1. The maximum Gasteiger partial charge on any atom is 0.251 e. The molecule has 1 amide bonds. The van der Waals surface area contributed by atoms with E-state index in [0.29, 0.717) is 25.3 Å². The van der Waals surface area contributed by atoms with Crippen LogP contribution in [0.1, 0.15) is 35.8 Å². The van der Waals surface area contributed by atoms with Crippen molar-refractivity contribution in [1.29, 1.82) is 0 Å². The second kappa shape index (κ2) is 10.3. The highest BCUT2D eigenvalue weighted by Crippen LogP contribution is 2.24. The van der Waals surface area contributed by atoms with Gasteiger partial charge in [-0.05, 0) is 55.8 Å². The summed E-state index contributed by atoms with van der Waals surface area (Å²) in [5.74, 6) is 1.50. The van der Waals surface area contributed by atoms with Gasteiger partial charge in [-0.1, -0.05) is 12.1 Å². The summed E-state index contributed by atoms with van der Waals surface area (Å²) in [4.78, 5) is 15.0. The normalized spacial score (nSPS) is 15.7. The molecule has 0 bridgehead atoms. The maximum atomic E-state index is 12.7. The smallest absolute Gasteiger partial charge is 0.251 e. The van der Waals surface area contributed by atoms with E-state index in [1.807, 2.05) is 38.1 Å². The molecule has 0 aliphatic carbocycles. The molecule has 1 aliphatic heterocycles. The summed E-state index contributed by atoms with van der Waals surface area (Å²) >= 11 is 0. The number of carbonyl (C=O) groups excluding carboxylic acids is 1. The van der Waals surface area contributed by atoms with Crippen LogP contribution in [0.25, 0.3) is 0 Å². The highest BCUT2D eigenvalue weighted by Gasteiger charge is 2.23. The lowest BCUT2D eigenvalue weighted by atomic mass is 10.0. The van der Waals surface area contributed by atoms with Gasteiger partial charge in [0.1, 0.15) is 11.5 Å². The number of hydrogen-bond acceptors (Lipinski definition) is 5. The van der Waals surface area contributed by atoms with Crippen LogP contribution in [0.2, 0.25) is 0 Å². The van der Waals surface area contributed by atoms with Gasteiger partial charge in [0.15, 0.2) is 0 Å². The molecule has 1 fully saturated rings. The van der Waals surface area contributed by atoms with E-state index in [1.54, 1.807) is 19.2 Å². The van der Waals surface area contributed by atoms with Crippen LogP contribution >= 0.6 is 0 Å². The molecule has 0 spiro atoms. The second-order valence-corrected chi connectivity index (χ2v) is 7.34. The van der Waals surface area contributed by atoms with Crippen molar-refractivity contribution in [3.8, 4) is 11.5 Å². The lowest BCUT2D eigenvalue weighted by molar-refractivity contribution is 0.0162. The van der Waals surface area contributed by atoms with Gasteiger partial charge in [-0.3, -0.25) is 9.69 Å². The topological polar surface area (TPSA) is 60.0 Å². The lowest BCUT2D eigenvalue weighted by Gasteiger charge is -2.35. The molecule has 1 aliphatic rings. The van der Waals surface area contributed by atoms with Crippen molar-refractivity contribution >= 4 is 5.91 Å². The first-order valence-corrected chi connectivity index (χ1v) is 10.1. The van der Waals surface area contributed by atoms with E-state index in [9.17, 15) is 4.79 Å².